The Morgan fingerprint density at radius 1 is 1.00 bits per heavy atom. The summed E-state index contributed by atoms with van der Waals surface area (Å²) in [6.45, 7) is 1.68. The third kappa shape index (κ3) is 2.81. The second kappa shape index (κ2) is 5.61. The number of benzene rings is 2. The molecule has 1 heterocycles. The first kappa shape index (κ1) is 13.1. The van der Waals surface area contributed by atoms with Crippen molar-refractivity contribution in [1.29, 1.82) is 0 Å². The van der Waals surface area contributed by atoms with Crippen molar-refractivity contribution in [2.24, 2.45) is 0 Å². The van der Waals surface area contributed by atoms with E-state index in [0.717, 1.165) is 29.2 Å². The summed E-state index contributed by atoms with van der Waals surface area (Å²) >= 11 is 5.87. The van der Waals surface area contributed by atoms with E-state index >= 15 is 0 Å². The fourth-order valence-electron chi connectivity index (χ4n) is 2.06. The molecule has 5 heteroatoms. The van der Waals surface area contributed by atoms with Gasteiger partial charge in [0.05, 0.1) is 5.02 Å². The number of hydrogen-bond acceptors (Lipinski definition) is 4. The molecular weight excluding hydrogens is 278 g/mol. The van der Waals surface area contributed by atoms with Crippen LogP contribution in [0, 0.1) is 0 Å². The first-order valence-electron chi connectivity index (χ1n) is 6.29. The molecule has 0 saturated heterocycles. The van der Waals surface area contributed by atoms with Crippen LogP contribution in [0.1, 0.15) is 11.1 Å². The summed E-state index contributed by atoms with van der Waals surface area (Å²) in [6, 6.07) is 11.1. The first-order valence-corrected chi connectivity index (χ1v) is 6.67. The molecule has 0 bridgehead atoms. The van der Waals surface area contributed by atoms with E-state index in [1.807, 2.05) is 24.3 Å². The van der Waals surface area contributed by atoms with Gasteiger partial charge in [0, 0.05) is 13.1 Å². The average molecular weight is 292 g/mol. The second-order valence-electron chi connectivity index (χ2n) is 4.58. The minimum atomic E-state index is 0.103. The number of rotatable bonds is 4. The van der Waals surface area contributed by atoms with Crippen molar-refractivity contribution >= 4 is 11.6 Å². The zero-order valence-electron chi connectivity index (χ0n) is 10.7. The molecule has 2 N–H and O–H groups in total. The molecular formula is C15H14ClNO3. The van der Waals surface area contributed by atoms with Crippen LogP contribution in [0.25, 0.3) is 0 Å². The SMILES string of the molecule is Oc1ccc(CNCc2ccc3c(c2)OCO3)cc1Cl. The lowest BCUT2D eigenvalue weighted by atomic mass is 10.2. The minimum Gasteiger partial charge on any atom is -0.506 e. The molecule has 2 aromatic rings. The van der Waals surface area contributed by atoms with Crippen molar-refractivity contribution in [2.75, 3.05) is 6.79 Å². The molecule has 2 aromatic carbocycles. The Bertz CT molecular complexity index is 631. The maximum absolute atomic E-state index is 9.36. The summed E-state index contributed by atoms with van der Waals surface area (Å²) in [5.74, 6) is 1.68. The Morgan fingerprint density at radius 2 is 1.70 bits per heavy atom. The third-order valence-corrected chi connectivity index (χ3v) is 3.41. The molecule has 0 saturated carbocycles. The Kier molecular flexibility index (Phi) is 3.67. The zero-order valence-corrected chi connectivity index (χ0v) is 11.5. The molecule has 1 aliphatic rings. The number of aromatic hydroxyl groups is 1. The van der Waals surface area contributed by atoms with Gasteiger partial charge in [-0.3, -0.25) is 0 Å². The summed E-state index contributed by atoms with van der Waals surface area (Å²) in [5.41, 5.74) is 2.15. The molecule has 0 aromatic heterocycles. The van der Waals surface area contributed by atoms with Crippen LogP contribution in [0.3, 0.4) is 0 Å². The number of hydrogen-bond donors (Lipinski definition) is 2. The van der Waals surface area contributed by atoms with Crippen molar-refractivity contribution in [2.45, 2.75) is 13.1 Å². The zero-order chi connectivity index (χ0) is 13.9. The van der Waals surface area contributed by atoms with Gasteiger partial charge in [0.2, 0.25) is 6.79 Å². The summed E-state index contributed by atoms with van der Waals surface area (Å²) in [5, 5.41) is 13.0. The maximum Gasteiger partial charge on any atom is 0.231 e. The van der Waals surface area contributed by atoms with Gasteiger partial charge in [-0.2, -0.15) is 0 Å². The lowest BCUT2D eigenvalue weighted by molar-refractivity contribution is 0.174. The topological polar surface area (TPSA) is 50.7 Å². The van der Waals surface area contributed by atoms with Crippen LogP contribution in [-0.4, -0.2) is 11.9 Å². The van der Waals surface area contributed by atoms with Crippen molar-refractivity contribution in [3.63, 3.8) is 0 Å². The van der Waals surface area contributed by atoms with Crippen LogP contribution in [0.15, 0.2) is 36.4 Å². The van der Waals surface area contributed by atoms with E-state index in [2.05, 4.69) is 5.32 Å². The molecule has 0 fully saturated rings. The Morgan fingerprint density at radius 3 is 2.50 bits per heavy atom. The highest BCUT2D eigenvalue weighted by Crippen LogP contribution is 2.32. The monoisotopic (exact) mass is 291 g/mol. The lowest BCUT2D eigenvalue weighted by Gasteiger charge is -2.07. The fraction of sp³-hybridized carbons (Fsp3) is 0.200. The van der Waals surface area contributed by atoms with E-state index in [9.17, 15) is 5.11 Å². The third-order valence-electron chi connectivity index (χ3n) is 3.11. The maximum atomic E-state index is 9.36. The van der Waals surface area contributed by atoms with Gasteiger partial charge >= 0.3 is 0 Å². The molecule has 1 aliphatic heterocycles. The van der Waals surface area contributed by atoms with Gasteiger partial charge < -0.3 is 19.9 Å². The van der Waals surface area contributed by atoms with Crippen LogP contribution in [0.4, 0.5) is 0 Å². The summed E-state index contributed by atoms with van der Waals surface area (Å²) in [6.07, 6.45) is 0. The van der Waals surface area contributed by atoms with Crippen LogP contribution >= 0.6 is 11.6 Å². The smallest absolute Gasteiger partial charge is 0.231 e. The van der Waals surface area contributed by atoms with Gasteiger partial charge in [-0.1, -0.05) is 23.7 Å². The fourth-order valence-corrected chi connectivity index (χ4v) is 2.27. The highest BCUT2D eigenvalue weighted by atomic mass is 35.5. The summed E-state index contributed by atoms with van der Waals surface area (Å²) < 4.78 is 10.6. The van der Waals surface area contributed by atoms with E-state index in [4.69, 9.17) is 21.1 Å². The van der Waals surface area contributed by atoms with Crippen LogP contribution in [-0.2, 0) is 13.1 Å². The van der Waals surface area contributed by atoms with Crippen LogP contribution < -0.4 is 14.8 Å². The number of ether oxygens (including phenoxy) is 2. The van der Waals surface area contributed by atoms with E-state index in [0.29, 0.717) is 11.6 Å². The molecule has 0 aliphatic carbocycles. The molecule has 3 rings (SSSR count). The van der Waals surface area contributed by atoms with Gasteiger partial charge in [-0.05, 0) is 35.4 Å². The van der Waals surface area contributed by atoms with E-state index in [1.54, 1.807) is 12.1 Å². The normalized spacial score (nSPS) is 12.7. The molecule has 20 heavy (non-hydrogen) atoms. The van der Waals surface area contributed by atoms with Crippen molar-refractivity contribution < 1.29 is 14.6 Å². The number of phenolic OH excluding ortho intramolecular Hbond substituents is 1. The highest BCUT2D eigenvalue weighted by molar-refractivity contribution is 6.32. The van der Waals surface area contributed by atoms with Crippen LogP contribution in [0.2, 0.25) is 5.02 Å². The summed E-state index contributed by atoms with van der Waals surface area (Å²) in [7, 11) is 0. The molecule has 0 radical (unpaired) electrons. The van der Waals surface area contributed by atoms with Gasteiger partial charge in [-0.15, -0.1) is 0 Å². The standard InChI is InChI=1S/C15H14ClNO3/c16-12-5-10(1-3-13(12)18)7-17-8-11-2-4-14-15(6-11)20-9-19-14/h1-6,17-18H,7-9H2. The van der Waals surface area contributed by atoms with Crippen LogP contribution in [0.5, 0.6) is 17.2 Å². The van der Waals surface area contributed by atoms with E-state index < -0.39 is 0 Å². The predicted octanol–water partition coefficient (Wildman–Crippen LogP) is 3.06. The average Bonchev–Trinajstić information content (AvgIpc) is 2.90. The molecule has 104 valence electrons. The van der Waals surface area contributed by atoms with Crippen molar-refractivity contribution in [3.05, 3.63) is 52.5 Å². The second-order valence-corrected chi connectivity index (χ2v) is 4.98. The van der Waals surface area contributed by atoms with Crippen molar-refractivity contribution in [3.8, 4) is 17.2 Å². The molecule has 0 atom stereocenters. The van der Waals surface area contributed by atoms with E-state index in [1.165, 1.54) is 0 Å². The quantitative estimate of drug-likeness (QED) is 0.909. The minimum absolute atomic E-state index is 0.103. The van der Waals surface area contributed by atoms with Gasteiger partial charge in [-0.25, -0.2) is 0 Å². The molecule has 0 spiro atoms. The predicted molar refractivity (Wildman–Crippen MR) is 76.2 cm³/mol. The summed E-state index contributed by atoms with van der Waals surface area (Å²) in [4.78, 5) is 0. The Labute approximate surface area is 121 Å². The van der Waals surface area contributed by atoms with Gasteiger partial charge in [0.1, 0.15) is 5.75 Å². The van der Waals surface area contributed by atoms with Crippen molar-refractivity contribution in [1.82, 2.24) is 5.32 Å². The molecule has 0 amide bonds. The van der Waals surface area contributed by atoms with Gasteiger partial charge in [0.25, 0.3) is 0 Å². The van der Waals surface area contributed by atoms with E-state index in [-0.39, 0.29) is 12.5 Å². The highest BCUT2D eigenvalue weighted by Gasteiger charge is 2.12. The Balaban J connectivity index is 1.58. The first-order chi connectivity index (χ1) is 9.72. The number of phenols is 1. The lowest BCUT2D eigenvalue weighted by Crippen LogP contribution is -2.12. The largest absolute Gasteiger partial charge is 0.506 e. The Hall–Kier alpha value is -1.91. The number of fused-ring (bicyclic) bond motifs is 1. The number of halogens is 1. The number of nitrogens with one attached hydrogen (secondary N) is 1. The molecule has 0 unspecified atom stereocenters. The molecule has 4 nitrogen and oxygen atoms in total. The van der Waals surface area contributed by atoms with Gasteiger partial charge in [0.15, 0.2) is 11.5 Å².